The summed E-state index contributed by atoms with van der Waals surface area (Å²) in [5, 5.41) is 12.7. The number of carbonyl (C=O) groups is 1. The SMILES string of the molecule is CSCC[C@H](N)C(=O)NC(C)(C)C(C)(C)O. The van der Waals surface area contributed by atoms with Crippen LogP contribution in [0.5, 0.6) is 0 Å². The Hall–Kier alpha value is -0.260. The molecule has 0 spiro atoms. The van der Waals surface area contributed by atoms with Gasteiger partial charge in [-0.15, -0.1) is 0 Å². The van der Waals surface area contributed by atoms with Gasteiger partial charge in [0.2, 0.25) is 5.91 Å². The van der Waals surface area contributed by atoms with Crippen LogP contribution in [-0.4, -0.2) is 40.2 Å². The van der Waals surface area contributed by atoms with E-state index in [2.05, 4.69) is 5.32 Å². The topological polar surface area (TPSA) is 75.4 Å². The predicted molar refractivity (Wildman–Crippen MR) is 69.5 cm³/mol. The van der Waals surface area contributed by atoms with E-state index in [-0.39, 0.29) is 5.91 Å². The van der Waals surface area contributed by atoms with E-state index in [1.54, 1.807) is 39.5 Å². The standard InChI is InChI=1S/C11H24N2O2S/c1-10(2,11(3,4)15)13-9(14)8(12)6-7-16-5/h8,15H,6-7,12H2,1-5H3,(H,13,14)/t8-/m0/s1. The number of nitrogens with two attached hydrogens (primary N) is 1. The number of thioether (sulfide) groups is 1. The molecule has 4 N–H and O–H groups in total. The normalized spacial score (nSPS) is 14.7. The Bertz CT molecular complexity index is 237. The van der Waals surface area contributed by atoms with Crippen molar-refractivity contribution in [2.75, 3.05) is 12.0 Å². The third-order valence-electron chi connectivity index (χ3n) is 2.93. The van der Waals surface area contributed by atoms with Crippen LogP contribution in [0.4, 0.5) is 0 Å². The molecular weight excluding hydrogens is 224 g/mol. The van der Waals surface area contributed by atoms with E-state index >= 15 is 0 Å². The Morgan fingerprint density at radius 1 is 1.44 bits per heavy atom. The van der Waals surface area contributed by atoms with Crippen molar-refractivity contribution < 1.29 is 9.90 Å². The van der Waals surface area contributed by atoms with Gasteiger partial charge in [-0.1, -0.05) is 0 Å². The van der Waals surface area contributed by atoms with Crippen molar-refractivity contribution in [3.8, 4) is 0 Å². The summed E-state index contributed by atoms with van der Waals surface area (Å²) in [5.41, 5.74) is 4.07. The monoisotopic (exact) mass is 248 g/mol. The van der Waals surface area contributed by atoms with Gasteiger partial charge in [-0.25, -0.2) is 0 Å². The number of hydrogen-bond acceptors (Lipinski definition) is 4. The number of nitrogens with one attached hydrogen (secondary N) is 1. The molecule has 0 saturated carbocycles. The lowest BCUT2D eigenvalue weighted by Gasteiger charge is -2.38. The summed E-state index contributed by atoms with van der Waals surface area (Å²) in [6.45, 7) is 6.90. The molecule has 0 fully saturated rings. The summed E-state index contributed by atoms with van der Waals surface area (Å²) in [6.07, 6.45) is 2.63. The average Bonchev–Trinajstić information content (AvgIpc) is 2.11. The fraction of sp³-hybridized carbons (Fsp3) is 0.909. The average molecular weight is 248 g/mol. The molecule has 0 rings (SSSR count). The summed E-state index contributed by atoms with van der Waals surface area (Å²) in [4.78, 5) is 11.8. The van der Waals surface area contributed by atoms with Crippen molar-refractivity contribution in [3.63, 3.8) is 0 Å². The lowest BCUT2D eigenvalue weighted by Crippen LogP contribution is -2.60. The lowest BCUT2D eigenvalue weighted by molar-refractivity contribution is -0.127. The number of amides is 1. The molecule has 0 aliphatic rings. The zero-order valence-electron chi connectivity index (χ0n) is 10.8. The summed E-state index contributed by atoms with van der Waals surface area (Å²) in [7, 11) is 0. The highest BCUT2D eigenvalue weighted by Gasteiger charge is 2.37. The van der Waals surface area contributed by atoms with Gasteiger partial charge in [-0.3, -0.25) is 4.79 Å². The minimum atomic E-state index is -0.984. The maximum Gasteiger partial charge on any atom is 0.237 e. The summed E-state index contributed by atoms with van der Waals surface area (Å²) in [5.74, 6) is 0.651. The highest BCUT2D eigenvalue weighted by molar-refractivity contribution is 7.98. The highest BCUT2D eigenvalue weighted by Crippen LogP contribution is 2.20. The van der Waals surface area contributed by atoms with Gasteiger partial charge in [0, 0.05) is 0 Å². The number of carbonyl (C=O) groups excluding carboxylic acids is 1. The molecule has 5 heteroatoms. The fourth-order valence-corrected chi connectivity index (χ4v) is 1.42. The van der Waals surface area contributed by atoms with Crippen molar-refractivity contribution in [2.24, 2.45) is 5.73 Å². The molecule has 1 amide bonds. The van der Waals surface area contributed by atoms with Gasteiger partial charge in [-0.05, 0) is 46.1 Å². The van der Waals surface area contributed by atoms with Crippen LogP contribution in [0.1, 0.15) is 34.1 Å². The Kier molecular flexibility index (Phi) is 5.79. The fourth-order valence-electron chi connectivity index (χ4n) is 0.930. The summed E-state index contributed by atoms with van der Waals surface area (Å²) < 4.78 is 0. The van der Waals surface area contributed by atoms with Gasteiger partial charge in [0.05, 0.1) is 17.2 Å². The third-order valence-corrected chi connectivity index (χ3v) is 3.58. The molecule has 4 nitrogen and oxygen atoms in total. The quantitative estimate of drug-likeness (QED) is 0.648. The molecule has 0 unspecified atom stereocenters. The minimum Gasteiger partial charge on any atom is -0.388 e. The lowest BCUT2D eigenvalue weighted by atomic mass is 9.85. The Morgan fingerprint density at radius 2 is 1.94 bits per heavy atom. The first kappa shape index (κ1) is 15.7. The highest BCUT2D eigenvalue weighted by atomic mass is 32.2. The maximum atomic E-state index is 11.8. The van der Waals surface area contributed by atoms with Crippen molar-refractivity contribution in [3.05, 3.63) is 0 Å². The van der Waals surface area contributed by atoms with Crippen molar-refractivity contribution in [1.29, 1.82) is 0 Å². The molecule has 16 heavy (non-hydrogen) atoms. The third kappa shape index (κ3) is 4.72. The molecule has 0 aromatic rings. The molecule has 0 heterocycles. The zero-order valence-corrected chi connectivity index (χ0v) is 11.6. The molecule has 0 aromatic heterocycles. The molecular formula is C11H24N2O2S. The molecule has 0 bridgehead atoms. The zero-order chi connectivity index (χ0) is 13.0. The van der Waals surface area contributed by atoms with Gasteiger partial charge in [0.15, 0.2) is 0 Å². The van der Waals surface area contributed by atoms with Crippen molar-refractivity contribution in [2.45, 2.75) is 51.3 Å². The second-order valence-electron chi connectivity index (χ2n) is 5.06. The maximum absolute atomic E-state index is 11.8. The first-order chi connectivity index (χ1) is 7.12. The van der Waals surface area contributed by atoms with E-state index in [9.17, 15) is 9.90 Å². The number of hydrogen-bond donors (Lipinski definition) is 3. The Balaban J connectivity index is 4.33. The van der Waals surface area contributed by atoms with Crippen LogP contribution in [0.25, 0.3) is 0 Å². The van der Waals surface area contributed by atoms with E-state index in [0.29, 0.717) is 6.42 Å². The van der Waals surface area contributed by atoms with E-state index in [4.69, 9.17) is 5.73 Å². The smallest absolute Gasteiger partial charge is 0.237 e. The van der Waals surface area contributed by atoms with Gasteiger partial charge in [0.1, 0.15) is 0 Å². The molecule has 0 aromatic carbocycles. The molecule has 0 aliphatic carbocycles. The Morgan fingerprint density at radius 3 is 2.31 bits per heavy atom. The molecule has 0 saturated heterocycles. The van der Waals surface area contributed by atoms with Gasteiger partial charge >= 0.3 is 0 Å². The van der Waals surface area contributed by atoms with Gasteiger partial charge in [0.25, 0.3) is 0 Å². The second-order valence-corrected chi connectivity index (χ2v) is 6.05. The molecule has 0 aliphatic heterocycles. The van der Waals surface area contributed by atoms with Gasteiger partial charge < -0.3 is 16.2 Å². The van der Waals surface area contributed by atoms with Crippen LogP contribution in [0.15, 0.2) is 0 Å². The van der Waals surface area contributed by atoms with Crippen molar-refractivity contribution in [1.82, 2.24) is 5.32 Å². The Labute approximate surface area is 102 Å². The second kappa shape index (κ2) is 5.89. The molecule has 96 valence electrons. The first-order valence-electron chi connectivity index (χ1n) is 5.40. The van der Waals surface area contributed by atoms with E-state index in [1.807, 2.05) is 6.26 Å². The van der Waals surface area contributed by atoms with Crippen LogP contribution < -0.4 is 11.1 Å². The molecule has 1 atom stereocenters. The predicted octanol–water partition coefficient (Wildman–Crippen LogP) is 0.732. The van der Waals surface area contributed by atoms with Crippen LogP contribution >= 0.6 is 11.8 Å². The number of aliphatic hydroxyl groups is 1. The van der Waals surface area contributed by atoms with E-state index in [0.717, 1.165) is 5.75 Å². The largest absolute Gasteiger partial charge is 0.388 e. The molecule has 0 radical (unpaired) electrons. The number of rotatable bonds is 6. The van der Waals surface area contributed by atoms with Crippen LogP contribution in [-0.2, 0) is 4.79 Å². The summed E-state index contributed by atoms with van der Waals surface area (Å²) in [6, 6.07) is -0.505. The van der Waals surface area contributed by atoms with Crippen molar-refractivity contribution >= 4 is 17.7 Å². The minimum absolute atomic E-state index is 0.207. The van der Waals surface area contributed by atoms with E-state index in [1.165, 1.54) is 0 Å². The summed E-state index contributed by atoms with van der Waals surface area (Å²) >= 11 is 1.66. The first-order valence-corrected chi connectivity index (χ1v) is 6.80. The van der Waals surface area contributed by atoms with Crippen LogP contribution in [0.2, 0.25) is 0 Å². The van der Waals surface area contributed by atoms with Gasteiger partial charge in [-0.2, -0.15) is 11.8 Å². The van der Waals surface area contributed by atoms with Crippen LogP contribution in [0.3, 0.4) is 0 Å². The van der Waals surface area contributed by atoms with E-state index < -0.39 is 17.2 Å². The van der Waals surface area contributed by atoms with Crippen LogP contribution in [0, 0.1) is 0 Å².